The molecule has 7 heteroatoms. The predicted molar refractivity (Wildman–Crippen MR) is 124 cm³/mol. The molecule has 0 spiro atoms. The highest BCUT2D eigenvalue weighted by Crippen LogP contribution is 2.33. The van der Waals surface area contributed by atoms with Crippen LogP contribution in [0.2, 0.25) is 5.02 Å². The van der Waals surface area contributed by atoms with Gasteiger partial charge in [0.2, 0.25) is 5.91 Å². The molecule has 2 aliphatic heterocycles. The number of nitrogens with zero attached hydrogens (tertiary/aromatic N) is 1. The fraction of sp³-hybridized carbons (Fsp3) is 0.360. The topological polar surface area (TPSA) is 78.9 Å². The molecule has 1 unspecified atom stereocenters. The van der Waals surface area contributed by atoms with E-state index in [4.69, 9.17) is 16.3 Å². The first kappa shape index (κ1) is 22.4. The molecule has 2 aliphatic rings. The van der Waals surface area contributed by atoms with Gasteiger partial charge in [0.05, 0.1) is 23.2 Å². The number of hydrogen-bond donors (Lipinski definition) is 2. The van der Waals surface area contributed by atoms with Crippen LogP contribution in [0, 0.1) is 0 Å². The monoisotopic (exact) mass is 454 g/mol. The Morgan fingerprint density at radius 2 is 1.91 bits per heavy atom. The molecule has 2 aromatic carbocycles. The average molecular weight is 455 g/mol. The maximum absolute atomic E-state index is 12.1. The highest BCUT2D eigenvalue weighted by molar-refractivity contribution is 6.32. The molecule has 6 nitrogen and oxygen atoms in total. The number of carbonyl (C=O) groups excluding carboxylic acids is 1. The number of amides is 1. The molecule has 0 saturated carbocycles. The Morgan fingerprint density at radius 1 is 1.16 bits per heavy atom. The molecular weight excluding hydrogens is 428 g/mol. The fourth-order valence-electron chi connectivity index (χ4n) is 4.52. The number of benzene rings is 2. The number of para-hydroxylation sites is 1. The number of aryl methyl sites for hydroxylation is 1. The molecule has 1 saturated heterocycles. The fourth-order valence-corrected chi connectivity index (χ4v) is 4.71. The summed E-state index contributed by atoms with van der Waals surface area (Å²) in [7, 11) is 0. The highest BCUT2D eigenvalue weighted by atomic mass is 35.5. The minimum absolute atomic E-state index is 0.0162. The molecule has 2 aromatic rings. The summed E-state index contributed by atoms with van der Waals surface area (Å²) in [6, 6.07) is 15.3. The van der Waals surface area contributed by atoms with Gasteiger partial charge >= 0.3 is 5.97 Å². The molecule has 2 heterocycles. The number of piperazine rings is 1. The number of rotatable bonds is 7. The summed E-state index contributed by atoms with van der Waals surface area (Å²) in [5.74, 6) is -0.253. The number of halogens is 1. The number of carboxylic acid groups (broad SMARTS) is 1. The largest absolute Gasteiger partial charge is 0.492 e. The first-order chi connectivity index (χ1) is 15.4. The molecule has 2 atom stereocenters. The lowest BCUT2D eigenvalue weighted by atomic mass is 9.83. The molecule has 0 aromatic heterocycles. The Balaban J connectivity index is 1.42. The number of carboxylic acids is 1. The lowest BCUT2D eigenvalue weighted by Crippen LogP contribution is -2.61. The Labute approximate surface area is 192 Å². The minimum atomic E-state index is -0.929. The van der Waals surface area contributed by atoms with Crippen LogP contribution in [0.5, 0.6) is 5.75 Å². The van der Waals surface area contributed by atoms with Gasteiger partial charge in [-0.2, -0.15) is 0 Å². The van der Waals surface area contributed by atoms with Crippen LogP contribution in [-0.4, -0.2) is 53.7 Å². The van der Waals surface area contributed by atoms with Crippen LogP contribution >= 0.6 is 11.6 Å². The van der Waals surface area contributed by atoms with Crippen molar-refractivity contribution in [3.05, 3.63) is 70.3 Å². The van der Waals surface area contributed by atoms with Crippen molar-refractivity contribution in [1.29, 1.82) is 0 Å². The third-order valence-corrected chi connectivity index (χ3v) is 6.40. The zero-order valence-corrected chi connectivity index (χ0v) is 18.8. The van der Waals surface area contributed by atoms with Crippen LogP contribution in [0.4, 0.5) is 0 Å². The number of carbonyl (C=O) groups is 2. The van der Waals surface area contributed by atoms with Crippen molar-refractivity contribution < 1.29 is 19.4 Å². The van der Waals surface area contributed by atoms with E-state index in [1.807, 2.05) is 36.4 Å². The van der Waals surface area contributed by atoms with Gasteiger partial charge in [-0.3, -0.25) is 4.79 Å². The van der Waals surface area contributed by atoms with Crippen LogP contribution < -0.4 is 10.1 Å². The van der Waals surface area contributed by atoms with Crippen molar-refractivity contribution in [1.82, 2.24) is 10.2 Å². The first-order valence-electron chi connectivity index (χ1n) is 10.9. The van der Waals surface area contributed by atoms with Gasteiger partial charge in [0.1, 0.15) is 5.75 Å². The molecule has 1 amide bonds. The second-order valence-electron chi connectivity index (χ2n) is 8.32. The lowest BCUT2D eigenvalue weighted by Gasteiger charge is -2.43. The number of fused-ring (bicyclic) bond motifs is 2. The summed E-state index contributed by atoms with van der Waals surface area (Å²) in [5.41, 5.74) is 3.34. The number of nitrogens with one attached hydrogen (secondary N) is 1. The van der Waals surface area contributed by atoms with E-state index in [0.717, 1.165) is 24.0 Å². The number of aliphatic carboxylic acids is 1. The standard InChI is InChI=1S/C25H27ClN2O4/c1-16(29)28-14-19-13-20(24(25(30)31)22(15-28)27-19)18-10-8-17(9-11-18)5-4-12-32-23-7-3-2-6-21(23)26/h2-3,6-11,19,22,27H,4-5,12-15H2,1H3,(H,30,31)/t19?,22-/m1/s1. The molecule has 2 bridgehead atoms. The van der Waals surface area contributed by atoms with Crippen LogP contribution in [0.25, 0.3) is 5.57 Å². The van der Waals surface area contributed by atoms with Gasteiger partial charge in [-0.1, -0.05) is 48.0 Å². The van der Waals surface area contributed by atoms with Crippen molar-refractivity contribution >= 4 is 29.1 Å². The number of hydrogen-bond acceptors (Lipinski definition) is 4. The summed E-state index contributed by atoms with van der Waals surface area (Å²) >= 11 is 6.11. The summed E-state index contributed by atoms with van der Waals surface area (Å²) in [4.78, 5) is 25.6. The minimum Gasteiger partial charge on any atom is -0.492 e. The van der Waals surface area contributed by atoms with E-state index in [1.54, 1.807) is 4.90 Å². The molecule has 0 aliphatic carbocycles. The smallest absolute Gasteiger partial charge is 0.333 e. The zero-order chi connectivity index (χ0) is 22.7. The van der Waals surface area contributed by atoms with Gasteiger partial charge in [-0.05, 0) is 48.1 Å². The first-order valence-corrected chi connectivity index (χ1v) is 11.2. The quantitative estimate of drug-likeness (QED) is 0.622. The van der Waals surface area contributed by atoms with Gasteiger partial charge < -0.3 is 20.1 Å². The van der Waals surface area contributed by atoms with E-state index < -0.39 is 5.97 Å². The molecule has 4 rings (SSSR count). The Morgan fingerprint density at radius 3 is 2.59 bits per heavy atom. The van der Waals surface area contributed by atoms with Crippen molar-refractivity contribution in [2.45, 2.75) is 38.3 Å². The van der Waals surface area contributed by atoms with Crippen molar-refractivity contribution in [2.75, 3.05) is 19.7 Å². The van der Waals surface area contributed by atoms with E-state index in [2.05, 4.69) is 17.4 Å². The van der Waals surface area contributed by atoms with E-state index in [1.165, 1.54) is 12.5 Å². The van der Waals surface area contributed by atoms with Crippen molar-refractivity contribution in [2.24, 2.45) is 0 Å². The second-order valence-corrected chi connectivity index (χ2v) is 8.73. The van der Waals surface area contributed by atoms with Gasteiger partial charge in [0, 0.05) is 26.1 Å². The molecule has 0 radical (unpaired) electrons. The highest BCUT2D eigenvalue weighted by Gasteiger charge is 2.38. The lowest BCUT2D eigenvalue weighted by molar-refractivity contribution is -0.135. The van der Waals surface area contributed by atoms with E-state index in [9.17, 15) is 14.7 Å². The maximum Gasteiger partial charge on any atom is 0.333 e. The van der Waals surface area contributed by atoms with Crippen LogP contribution in [0.15, 0.2) is 54.1 Å². The third-order valence-electron chi connectivity index (χ3n) is 6.09. The number of ether oxygens (including phenoxy) is 1. The van der Waals surface area contributed by atoms with Crippen LogP contribution in [0.3, 0.4) is 0 Å². The molecule has 2 N–H and O–H groups in total. The Hall–Kier alpha value is -2.83. The molecular formula is C25H27ClN2O4. The van der Waals surface area contributed by atoms with Gasteiger partial charge in [-0.15, -0.1) is 0 Å². The average Bonchev–Trinajstić information content (AvgIpc) is 2.77. The maximum atomic E-state index is 12.1. The molecule has 1 fully saturated rings. The van der Waals surface area contributed by atoms with Gasteiger partial charge in [0.15, 0.2) is 0 Å². The second kappa shape index (κ2) is 9.76. The van der Waals surface area contributed by atoms with E-state index in [0.29, 0.717) is 42.5 Å². The Kier molecular flexibility index (Phi) is 6.82. The van der Waals surface area contributed by atoms with Gasteiger partial charge in [0.25, 0.3) is 0 Å². The van der Waals surface area contributed by atoms with Crippen LogP contribution in [0.1, 0.15) is 30.9 Å². The summed E-state index contributed by atoms with van der Waals surface area (Å²) < 4.78 is 5.75. The van der Waals surface area contributed by atoms with Gasteiger partial charge in [-0.25, -0.2) is 4.79 Å². The zero-order valence-electron chi connectivity index (χ0n) is 18.0. The van der Waals surface area contributed by atoms with E-state index >= 15 is 0 Å². The van der Waals surface area contributed by atoms with E-state index in [-0.39, 0.29) is 18.0 Å². The normalized spacial score (nSPS) is 20.2. The summed E-state index contributed by atoms with van der Waals surface area (Å²) in [6.45, 7) is 3.10. The predicted octanol–water partition coefficient (Wildman–Crippen LogP) is 3.78. The van der Waals surface area contributed by atoms with Crippen molar-refractivity contribution in [3.8, 4) is 5.75 Å². The summed E-state index contributed by atoms with van der Waals surface area (Å²) in [6.07, 6.45) is 2.30. The molecule has 32 heavy (non-hydrogen) atoms. The SMILES string of the molecule is CC(=O)N1CC2CC(c3ccc(CCCOc4ccccc4Cl)cc3)=C(C(=O)O)[C@@H](C1)N2. The van der Waals surface area contributed by atoms with Crippen LogP contribution in [-0.2, 0) is 16.0 Å². The summed E-state index contributed by atoms with van der Waals surface area (Å²) in [5, 5.41) is 13.9. The molecule has 168 valence electrons. The van der Waals surface area contributed by atoms with Crippen molar-refractivity contribution in [3.63, 3.8) is 0 Å². The third kappa shape index (κ3) is 4.97. The Bertz CT molecular complexity index is 1030.